The van der Waals surface area contributed by atoms with Crippen molar-refractivity contribution in [1.29, 1.82) is 0 Å². The molecule has 2 aromatic rings. The molecule has 2 aromatic carbocycles. The highest BCUT2D eigenvalue weighted by molar-refractivity contribution is 7.90. The van der Waals surface area contributed by atoms with Crippen molar-refractivity contribution in [2.24, 2.45) is 15.4 Å². The Labute approximate surface area is 147 Å². The molecular formula is C18H19N3O3S. The number of benzene rings is 2. The molecule has 0 heterocycles. The Morgan fingerprint density at radius 1 is 1.04 bits per heavy atom. The summed E-state index contributed by atoms with van der Waals surface area (Å²) in [4.78, 5) is 11.8. The molecular weight excluding hydrogens is 338 g/mol. The summed E-state index contributed by atoms with van der Waals surface area (Å²) in [5.74, 6) is -0.0622. The van der Waals surface area contributed by atoms with Crippen LogP contribution in [0.2, 0.25) is 0 Å². The van der Waals surface area contributed by atoms with Crippen molar-refractivity contribution < 1.29 is 13.2 Å². The molecule has 7 heteroatoms. The molecule has 2 rings (SSSR count). The summed E-state index contributed by atoms with van der Waals surface area (Å²) in [5, 5.41) is 11.2. The van der Waals surface area contributed by atoms with Crippen molar-refractivity contribution in [3.05, 3.63) is 53.6 Å². The molecule has 25 heavy (non-hydrogen) atoms. The van der Waals surface area contributed by atoms with E-state index in [-0.39, 0.29) is 10.7 Å². The fourth-order valence-electron chi connectivity index (χ4n) is 2.52. The summed E-state index contributed by atoms with van der Waals surface area (Å²) >= 11 is 0. The fraction of sp³-hybridized carbons (Fsp3) is 0.222. The number of nitrogens with zero attached hydrogens (tertiary/aromatic N) is 3. The van der Waals surface area contributed by atoms with E-state index in [4.69, 9.17) is 0 Å². The lowest BCUT2D eigenvalue weighted by Gasteiger charge is -2.14. The van der Waals surface area contributed by atoms with Crippen molar-refractivity contribution in [3.8, 4) is 11.1 Å². The Hall–Kier alpha value is -2.67. The van der Waals surface area contributed by atoms with E-state index in [2.05, 4.69) is 15.4 Å². The van der Waals surface area contributed by atoms with Crippen LogP contribution in [0, 0.1) is 0 Å². The quantitative estimate of drug-likeness (QED) is 0.353. The smallest absolute Gasteiger partial charge is 0.176 e. The maximum absolute atomic E-state index is 12.2. The van der Waals surface area contributed by atoms with Gasteiger partial charge in [-0.25, -0.2) is 8.42 Å². The van der Waals surface area contributed by atoms with Crippen LogP contribution < -0.4 is 0 Å². The highest BCUT2D eigenvalue weighted by atomic mass is 32.2. The van der Waals surface area contributed by atoms with Gasteiger partial charge in [-0.15, -0.1) is 5.10 Å². The molecule has 0 radical (unpaired) electrons. The summed E-state index contributed by atoms with van der Waals surface area (Å²) in [7, 11) is -2.00. The molecule has 0 aliphatic carbocycles. The Balaban J connectivity index is 2.83. The molecule has 0 spiro atoms. The van der Waals surface area contributed by atoms with Gasteiger partial charge in [-0.1, -0.05) is 30.3 Å². The van der Waals surface area contributed by atoms with Crippen LogP contribution in [0.3, 0.4) is 0 Å². The number of ketones is 1. The average Bonchev–Trinajstić information content (AvgIpc) is 2.58. The highest BCUT2D eigenvalue weighted by Gasteiger charge is 2.20. The van der Waals surface area contributed by atoms with Gasteiger partial charge in [0, 0.05) is 17.4 Å². The number of sulfone groups is 1. The molecule has 0 amide bonds. The van der Waals surface area contributed by atoms with Gasteiger partial charge in [-0.3, -0.25) is 4.79 Å². The molecule has 6 nitrogen and oxygen atoms in total. The molecule has 0 aromatic heterocycles. The van der Waals surface area contributed by atoms with Gasteiger partial charge in [0.25, 0.3) is 0 Å². The summed E-state index contributed by atoms with van der Waals surface area (Å²) in [6.45, 7) is 3.16. The monoisotopic (exact) mass is 357 g/mol. The minimum Gasteiger partial charge on any atom is -0.295 e. The maximum Gasteiger partial charge on any atom is 0.176 e. The summed E-state index contributed by atoms with van der Waals surface area (Å²) in [6, 6.07) is 12.0. The van der Waals surface area contributed by atoms with Gasteiger partial charge in [0.05, 0.1) is 17.7 Å². The van der Waals surface area contributed by atoms with E-state index in [9.17, 15) is 13.2 Å². The minimum absolute atomic E-state index is 0.0622. The Bertz CT molecular complexity index is 977. The molecule has 0 fully saturated rings. The van der Waals surface area contributed by atoms with Crippen LogP contribution in [0.5, 0.6) is 0 Å². The zero-order valence-electron chi connectivity index (χ0n) is 14.5. The van der Waals surface area contributed by atoms with Gasteiger partial charge in [-0.05, 0) is 42.3 Å². The first kappa shape index (κ1) is 18.7. The van der Waals surface area contributed by atoms with E-state index in [1.807, 2.05) is 6.07 Å². The lowest BCUT2D eigenvalue weighted by Crippen LogP contribution is -2.08. The largest absolute Gasteiger partial charge is 0.295 e. The van der Waals surface area contributed by atoms with Crippen molar-refractivity contribution >= 4 is 21.3 Å². The van der Waals surface area contributed by atoms with Gasteiger partial charge >= 0.3 is 0 Å². The van der Waals surface area contributed by atoms with E-state index >= 15 is 0 Å². The minimum atomic E-state index is -3.48. The van der Waals surface area contributed by atoms with E-state index in [0.29, 0.717) is 22.4 Å². The standard InChI is InChI=1S/C18H19N3O3S/c1-12(20-21-19-3)18-16(9-6-10-17(18)25(4,23)24)15-8-5-7-14(11-15)13(2)22/h5-11H,1-4H3/b20-12-,21-19?. The van der Waals surface area contributed by atoms with Crippen LogP contribution >= 0.6 is 0 Å². The molecule has 130 valence electrons. The van der Waals surface area contributed by atoms with E-state index < -0.39 is 9.84 Å². The van der Waals surface area contributed by atoms with E-state index in [0.717, 1.165) is 11.8 Å². The van der Waals surface area contributed by atoms with Crippen LogP contribution in [0.25, 0.3) is 11.1 Å². The second-order valence-corrected chi connectivity index (χ2v) is 7.55. The van der Waals surface area contributed by atoms with Crippen molar-refractivity contribution in [2.75, 3.05) is 13.3 Å². The van der Waals surface area contributed by atoms with E-state index in [1.54, 1.807) is 37.3 Å². The number of rotatable bonds is 5. The molecule has 0 atom stereocenters. The first-order chi connectivity index (χ1) is 11.8. The van der Waals surface area contributed by atoms with Crippen molar-refractivity contribution in [2.45, 2.75) is 18.7 Å². The Kier molecular flexibility index (Phi) is 5.58. The zero-order chi connectivity index (χ0) is 18.6. The third kappa shape index (κ3) is 4.24. The lowest BCUT2D eigenvalue weighted by molar-refractivity contribution is 0.101. The number of carbonyl (C=O) groups excluding carboxylic acids is 1. The maximum atomic E-state index is 12.2. The van der Waals surface area contributed by atoms with Gasteiger partial charge in [0.2, 0.25) is 0 Å². The molecule has 0 saturated carbocycles. The third-order valence-electron chi connectivity index (χ3n) is 3.65. The molecule has 0 N–H and O–H groups in total. The van der Waals surface area contributed by atoms with Crippen molar-refractivity contribution in [3.63, 3.8) is 0 Å². The topological polar surface area (TPSA) is 88.3 Å². The summed E-state index contributed by atoms with van der Waals surface area (Å²) in [6.07, 6.45) is 1.15. The van der Waals surface area contributed by atoms with Crippen LogP contribution in [-0.2, 0) is 9.84 Å². The van der Waals surface area contributed by atoms with Gasteiger partial charge in [0.1, 0.15) is 0 Å². The molecule has 0 bridgehead atoms. The van der Waals surface area contributed by atoms with Gasteiger partial charge in [-0.2, -0.15) is 5.11 Å². The fourth-order valence-corrected chi connectivity index (χ4v) is 3.48. The predicted molar refractivity (Wildman–Crippen MR) is 98.0 cm³/mol. The van der Waals surface area contributed by atoms with Gasteiger partial charge < -0.3 is 0 Å². The normalized spacial score (nSPS) is 12.6. The van der Waals surface area contributed by atoms with Crippen molar-refractivity contribution in [1.82, 2.24) is 0 Å². The third-order valence-corrected chi connectivity index (χ3v) is 4.79. The van der Waals surface area contributed by atoms with Crippen LogP contribution in [0.4, 0.5) is 0 Å². The SMILES string of the molecule is CN=N/N=C(/C)c1c(-c2cccc(C(C)=O)c2)cccc1S(C)(=O)=O. The lowest BCUT2D eigenvalue weighted by atomic mass is 9.95. The second-order valence-electron chi connectivity index (χ2n) is 5.56. The van der Waals surface area contributed by atoms with Crippen LogP contribution in [0.1, 0.15) is 29.8 Å². The molecule has 0 saturated heterocycles. The first-order valence-electron chi connectivity index (χ1n) is 7.54. The molecule has 0 aliphatic heterocycles. The number of hydrogen-bond acceptors (Lipinski definition) is 5. The molecule has 0 unspecified atom stereocenters. The Morgan fingerprint density at radius 2 is 1.72 bits per heavy atom. The summed E-state index contributed by atoms with van der Waals surface area (Å²) < 4.78 is 24.5. The highest BCUT2D eigenvalue weighted by Crippen LogP contribution is 2.30. The zero-order valence-corrected chi connectivity index (χ0v) is 15.3. The number of Topliss-reactive ketones (excluding diaryl/α,β-unsaturated/α-hetero) is 1. The van der Waals surface area contributed by atoms with Crippen LogP contribution in [-0.4, -0.2) is 33.2 Å². The average molecular weight is 357 g/mol. The first-order valence-corrected chi connectivity index (χ1v) is 9.43. The Morgan fingerprint density at radius 3 is 2.32 bits per heavy atom. The number of hydrogen-bond donors (Lipinski definition) is 0. The molecule has 0 aliphatic rings. The second kappa shape index (κ2) is 7.48. The van der Waals surface area contributed by atoms with Crippen LogP contribution in [0.15, 0.2) is 62.8 Å². The van der Waals surface area contributed by atoms with Gasteiger partial charge in [0.15, 0.2) is 15.6 Å². The summed E-state index contributed by atoms with van der Waals surface area (Å²) in [5.41, 5.74) is 2.83. The van der Waals surface area contributed by atoms with E-state index in [1.165, 1.54) is 20.0 Å². The number of carbonyl (C=O) groups is 1. The predicted octanol–water partition coefficient (Wildman–Crippen LogP) is 3.77.